The van der Waals surface area contributed by atoms with Crippen molar-refractivity contribution in [1.82, 2.24) is 9.97 Å². The van der Waals surface area contributed by atoms with E-state index in [0.717, 1.165) is 43.2 Å². The molecule has 0 radical (unpaired) electrons. The van der Waals surface area contributed by atoms with Crippen molar-refractivity contribution in [2.75, 3.05) is 12.0 Å². The summed E-state index contributed by atoms with van der Waals surface area (Å²) in [6.07, 6.45) is 4.85. The molecule has 0 aliphatic heterocycles. The summed E-state index contributed by atoms with van der Waals surface area (Å²) < 4.78 is 22.6. The van der Waals surface area contributed by atoms with Gasteiger partial charge in [-0.05, 0) is 25.7 Å². The maximum atomic E-state index is 11.3. The Bertz CT molecular complexity index is 496. The molecule has 82 valence electrons. The van der Waals surface area contributed by atoms with Crippen molar-refractivity contribution in [3.8, 4) is 0 Å². The van der Waals surface area contributed by atoms with Gasteiger partial charge in [0.1, 0.15) is 5.82 Å². The third-order valence-corrected chi connectivity index (χ3v) is 3.37. The molecule has 0 atom stereocenters. The largest absolute Gasteiger partial charge is 0.383 e. The van der Waals surface area contributed by atoms with Gasteiger partial charge in [-0.1, -0.05) is 0 Å². The van der Waals surface area contributed by atoms with E-state index in [1.807, 2.05) is 0 Å². The van der Waals surface area contributed by atoms with Gasteiger partial charge in [0.15, 0.2) is 0 Å². The molecule has 0 aromatic carbocycles. The predicted octanol–water partition coefficient (Wildman–Crippen LogP) is 0.341. The lowest BCUT2D eigenvalue weighted by atomic mass is 9.97. The number of fused-ring (bicyclic) bond motifs is 1. The quantitative estimate of drug-likeness (QED) is 0.699. The third kappa shape index (κ3) is 1.94. The molecule has 0 bridgehead atoms. The Morgan fingerprint density at radius 3 is 2.53 bits per heavy atom. The first kappa shape index (κ1) is 10.4. The van der Waals surface area contributed by atoms with Crippen LogP contribution in [-0.4, -0.2) is 24.6 Å². The summed E-state index contributed by atoms with van der Waals surface area (Å²) in [7, 11) is -3.36. The Morgan fingerprint density at radius 1 is 1.20 bits per heavy atom. The van der Waals surface area contributed by atoms with Crippen molar-refractivity contribution in [2.45, 2.75) is 30.8 Å². The van der Waals surface area contributed by atoms with Crippen molar-refractivity contribution < 1.29 is 8.42 Å². The van der Waals surface area contributed by atoms with Crippen LogP contribution in [0.1, 0.15) is 24.1 Å². The molecule has 0 unspecified atom stereocenters. The molecular formula is C9H13N3O2S. The van der Waals surface area contributed by atoms with Crippen LogP contribution in [0.4, 0.5) is 5.82 Å². The van der Waals surface area contributed by atoms with E-state index in [9.17, 15) is 8.42 Å². The van der Waals surface area contributed by atoms with Gasteiger partial charge in [-0.15, -0.1) is 0 Å². The maximum Gasteiger partial charge on any atom is 0.248 e. The van der Waals surface area contributed by atoms with Crippen LogP contribution < -0.4 is 5.73 Å². The number of aryl methyl sites for hydroxylation is 1. The zero-order valence-electron chi connectivity index (χ0n) is 8.52. The molecule has 5 nitrogen and oxygen atoms in total. The van der Waals surface area contributed by atoms with Crippen LogP contribution in [0.5, 0.6) is 0 Å². The second-order valence-corrected chi connectivity index (χ2v) is 5.71. The molecule has 1 heterocycles. The standard InChI is InChI=1S/C9H13N3O2S/c1-15(13,14)9-11-7-5-3-2-4-6(7)8(10)12-9/h2-5H2,1H3,(H2,10,11,12). The van der Waals surface area contributed by atoms with Crippen LogP contribution in [0.25, 0.3) is 0 Å². The van der Waals surface area contributed by atoms with Crippen molar-refractivity contribution in [3.05, 3.63) is 11.3 Å². The highest BCUT2D eigenvalue weighted by atomic mass is 32.2. The molecule has 6 heteroatoms. The SMILES string of the molecule is CS(=O)(=O)c1nc(N)c2c(n1)CCCC2. The molecule has 1 aromatic heterocycles. The van der Waals surface area contributed by atoms with Gasteiger partial charge in [0.05, 0.1) is 5.69 Å². The maximum absolute atomic E-state index is 11.3. The van der Waals surface area contributed by atoms with Crippen LogP contribution in [0.15, 0.2) is 5.16 Å². The molecule has 1 aliphatic rings. The molecule has 0 amide bonds. The van der Waals surface area contributed by atoms with Crippen LogP contribution in [0, 0.1) is 0 Å². The highest BCUT2D eigenvalue weighted by Crippen LogP contribution is 2.24. The number of hydrogen-bond donors (Lipinski definition) is 1. The molecule has 1 aliphatic carbocycles. The first-order chi connectivity index (χ1) is 6.98. The van der Waals surface area contributed by atoms with Gasteiger partial charge in [-0.2, -0.15) is 0 Å². The van der Waals surface area contributed by atoms with E-state index in [-0.39, 0.29) is 5.16 Å². The fraction of sp³-hybridized carbons (Fsp3) is 0.556. The first-order valence-corrected chi connectivity index (χ1v) is 6.73. The Hall–Kier alpha value is -1.17. The average Bonchev–Trinajstić information content (AvgIpc) is 2.16. The van der Waals surface area contributed by atoms with Gasteiger partial charge in [0, 0.05) is 11.8 Å². The number of aromatic nitrogens is 2. The van der Waals surface area contributed by atoms with Gasteiger partial charge in [0.25, 0.3) is 0 Å². The summed E-state index contributed by atoms with van der Waals surface area (Å²) in [4.78, 5) is 7.90. The number of nitrogens with two attached hydrogens (primary N) is 1. The lowest BCUT2D eigenvalue weighted by molar-refractivity contribution is 0.587. The number of anilines is 1. The topological polar surface area (TPSA) is 85.9 Å². The Morgan fingerprint density at radius 2 is 1.87 bits per heavy atom. The van der Waals surface area contributed by atoms with Gasteiger partial charge in [0.2, 0.25) is 15.0 Å². The average molecular weight is 227 g/mol. The second-order valence-electron chi connectivity index (χ2n) is 3.80. The first-order valence-electron chi connectivity index (χ1n) is 4.84. The number of sulfone groups is 1. The zero-order valence-corrected chi connectivity index (χ0v) is 9.34. The minimum absolute atomic E-state index is 0.152. The predicted molar refractivity (Wildman–Crippen MR) is 56.2 cm³/mol. The molecule has 1 aromatic rings. The summed E-state index contributed by atoms with van der Waals surface area (Å²) in [6, 6.07) is 0. The van der Waals surface area contributed by atoms with Gasteiger partial charge < -0.3 is 5.73 Å². The molecule has 2 N–H and O–H groups in total. The number of rotatable bonds is 1. The molecule has 0 saturated carbocycles. The Labute approximate surface area is 88.7 Å². The number of hydrogen-bond acceptors (Lipinski definition) is 5. The van der Waals surface area contributed by atoms with E-state index in [2.05, 4.69) is 9.97 Å². The minimum atomic E-state index is -3.36. The molecule has 0 fully saturated rings. The summed E-state index contributed by atoms with van der Waals surface area (Å²) >= 11 is 0. The zero-order chi connectivity index (χ0) is 11.1. The van der Waals surface area contributed by atoms with E-state index in [1.165, 1.54) is 0 Å². The van der Waals surface area contributed by atoms with Crippen LogP contribution in [0.3, 0.4) is 0 Å². The van der Waals surface area contributed by atoms with Crippen molar-refractivity contribution in [2.24, 2.45) is 0 Å². The third-order valence-electron chi connectivity index (χ3n) is 2.53. The normalized spacial score (nSPS) is 16.1. The molecule has 0 spiro atoms. The molecular weight excluding hydrogens is 214 g/mol. The van der Waals surface area contributed by atoms with Crippen LogP contribution in [-0.2, 0) is 22.7 Å². The Balaban J connectivity index is 2.60. The fourth-order valence-corrected chi connectivity index (χ4v) is 2.31. The van der Waals surface area contributed by atoms with E-state index < -0.39 is 9.84 Å². The summed E-state index contributed by atoms with van der Waals surface area (Å²) in [5.74, 6) is 0.320. The fourth-order valence-electron chi connectivity index (χ4n) is 1.77. The van der Waals surface area contributed by atoms with E-state index in [0.29, 0.717) is 5.82 Å². The van der Waals surface area contributed by atoms with E-state index in [4.69, 9.17) is 5.73 Å². The van der Waals surface area contributed by atoms with Crippen LogP contribution >= 0.6 is 0 Å². The summed E-state index contributed by atoms with van der Waals surface area (Å²) in [5.41, 5.74) is 7.45. The summed E-state index contributed by atoms with van der Waals surface area (Å²) in [5, 5.41) is -0.152. The Kier molecular flexibility index (Phi) is 2.38. The van der Waals surface area contributed by atoms with E-state index >= 15 is 0 Å². The minimum Gasteiger partial charge on any atom is -0.383 e. The lowest BCUT2D eigenvalue weighted by Crippen LogP contribution is -2.15. The van der Waals surface area contributed by atoms with Crippen molar-refractivity contribution in [3.63, 3.8) is 0 Å². The number of nitrogens with zero attached hydrogens (tertiary/aromatic N) is 2. The molecule has 0 saturated heterocycles. The smallest absolute Gasteiger partial charge is 0.248 e. The van der Waals surface area contributed by atoms with Gasteiger partial charge >= 0.3 is 0 Å². The van der Waals surface area contributed by atoms with Crippen molar-refractivity contribution in [1.29, 1.82) is 0 Å². The molecule has 2 rings (SSSR count). The molecule has 15 heavy (non-hydrogen) atoms. The highest BCUT2D eigenvalue weighted by molar-refractivity contribution is 7.90. The van der Waals surface area contributed by atoms with Crippen LogP contribution in [0.2, 0.25) is 0 Å². The van der Waals surface area contributed by atoms with Gasteiger partial charge in [-0.3, -0.25) is 0 Å². The van der Waals surface area contributed by atoms with Gasteiger partial charge in [-0.25, -0.2) is 18.4 Å². The van der Waals surface area contributed by atoms with Crippen molar-refractivity contribution >= 4 is 15.7 Å². The highest BCUT2D eigenvalue weighted by Gasteiger charge is 2.20. The monoisotopic (exact) mass is 227 g/mol. The second kappa shape index (κ2) is 3.44. The summed E-state index contributed by atoms with van der Waals surface area (Å²) in [6.45, 7) is 0. The lowest BCUT2D eigenvalue weighted by Gasteiger charge is -2.16. The number of nitrogen functional groups attached to an aromatic ring is 1. The van der Waals surface area contributed by atoms with E-state index in [1.54, 1.807) is 0 Å².